The Morgan fingerprint density at radius 1 is 1.30 bits per heavy atom. The number of allylic oxidation sites excluding steroid dienone is 5. The summed E-state index contributed by atoms with van der Waals surface area (Å²) >= 11 is 0. The molecule has 0 N–H and O–H groups in total. The van der Waals surface area contributed by atoms with Gasteiger partial charge in [-0.2, -0.15) is 0 Å². The summed E-state index contributed by atoms with van der Waals surface area (Å²) < 4.78 is 0. The van der Waals surface area contributed by atoms with Gasteiger partial charge in [0.25, 0.3) is 0 Å². The fourth-order valence-electron chi connectivity index (χ4n) is 0.963. The molecule has 0 spiro atoms. The third kappa shape index (κ3) is 2.08. The molecule has 0 radical (unpaired) electrons. The molecule has 0 unspecified atom stereocenters. The maximum atomic E-state index is 3.09. The first kappa shape index (κ1) is 7.11. The predicted octanol–water partition coefficient (Wildman–Crippen LogP) is 2.99. The Morgan fingerprint density at radius 2 is 2.10 bits per heavy atom. The zero-order valence-electron chi connectivity index (χ0n) is 6.52. The molecule has 0 amide bonds. The fraction of sp³-hybridized carbons (Fsp3) is 0.300. The van der Waals surface area contributed by atoms with Crippen molar-refractivity contribution >= 4 is 0 Å². The molecule has 52 valence electrons. The third-order valence-electron chi connectivity index (χ3n) is 1.44. The highest BCUT2D eigenvalue weighted by atomic mass is 13.9. The zero-order chi connectivity index (χ0) is 7.40. The summed E-state index contributed by atoms with van der Waals surface area (Å²) in [7, 11) is 0. The first-order chi connectivity index (χ1) is 4.79. The van der Waals surface area contributed by atoms with E-state index in [0.717, 1.165) is 6.42 Å². The first-order valence-corrected chi connectivity index (χ1v) is 3.55. The van der Waals surface area contributed by atoms with Crippen molar-refractivity contribution in [3.8, 4) is 0 Å². The quantitative estimate of drug-likeness (QED) is 0.444. The molecule has 0 heterocycles. The Hall–Kier alpha value is -1.00. The van der Waals surface area contributed by atoms with Crippen molar-refractivity contribution in [1.29, 1.82) is 0 Å². The lowest BCUT2D eigenvalue weighted by molar-refractivity contribution is 1.31. The smallest absolute Gasteiger partial charge is 0.00872 e. The minimum Gasteiger partial charge on any atom is -0.125 e. The van der Waals surface area contributed by atoms with E-state index in [1.807, 2.05) is 12.2 Å². The molecule has 1 aliphatic rings. The van der Waals surface area contributed by atoms with Gasteiger partial charge in [0.1, 0.15) is 0 Å². The first-order valence-electron chi connectivity index (χ1n) is 3.55. The van der Waals surface area contributed by atoms with Crippen LogP contribution < -0.4 is 0 Å². The van der Waals surface area contributed by atoms with Crippen LogP contribution >= 0.6 is 0 Å². The largest absolute Gasteiger partial charge is 0.125 e. The van der Waals surface area contributed by atoms with E-state index < -0.39 is 0 Å². The Balaban J connectivity index is 2.91. The van der Waals surface area contributed by atoms with Crippen LogP contribution in [0.25, 0.3) is 0 Å². The van der Waals surface area contributed by atoms with Crippen LogP contribution in [0.4, 0.5) is 0 Å². The predicted molar refractivity (Wildman–Crippen MR) is 44.8 cm³/mol. The minimum absolute atomic E-state index is 1.01. The van der Waals surface area contributed by atoms with E-state index in [2.05, 4.69) is 31.7 Å². The van der Waals surface area contributed by atoms with Gasteiger partial charge in [-0.25, -0.2) is 0 Å². The summed E-state index contributed by atoms with van der Waals surface area (Å²) in [6.07, 6.45) is 9.42. The van der Waals surface area contributed by atoms with Crippen molar-refractivity contribution in [2.75, 3.05) is 0 Å². The van der Waals surface area contributed by atoms with Gasteiger partial charge in [0.05, 0.1) is 0 Å². The average Bonchev–Trinajstić information content (AvgIpc) is 1.83. The van der Waals surface area contributed by atoms with Crippen molar-refractivity contribution in [1.82, 2.24) is 0 Å². The van der Waals surface area contributed by atoms with E-state index in [1.165, 1.54) is 11.1 Å². The Kier molecular flexibility index (Phi) is 2.30. The second kappa shape index (κ2) is 3.24. The van der Waals surface area contributed by atoms with E-state index in [0.29, 0.717) is 0 Å². The van der Waals surface area contributed by atoms with Gasteiger partial charge < -0.3 is 0 Å². The highest BCUT2D eigenvalue weighted by Gasteiger charge is 1.85. The fourth-order valence-corrected chi connectivity index (χ4v) is 0.963. The van der Waals surface area contributed by atoms with Crippen LogP contribution in [0.5, 0.6) is 0 Å². The van der Waals surface area contributed by atoms with Crippen molar-refractivity contribution < 1.29 is 0 Å². The lowest BCUT2D eigenvalue weighted by atomic mass is 10.1. The molecule has 0 heteroatoms. The summed E-state index contributed by atoms with van der Waals surface area (Å²) in [6.45, 7) is 4.21. The second-order valence-corrected chi connectivity index (χ2v) is 2.59. The number of rotatable bonds is 0. The van der Waals surface area contributed by atoms with E-state index >= 15 is 0 Å². The molecule has 0 nitrogen and oxygen atoms in total. The van der Waals surface area contributed by atoms with E-state index in [4.69, 9.17) is 0 Å². The second-order valence-electron chi connectivity index (χ2n) is 2.59. The topological polar surface area (TPSA) is 0 Å². The van der Waals surface area contributed by atoms with Crippen LogP contribution in [0.2, 0.25) is 0 Å². The maximum Gasteiger partial charge on any atom is -0.00872 e. The molecule has 1 aliphatic carbocycles. The molecular formula is C10H12. The van der Waals surface area contributed by atoms with Crippen molar-refractivity contribution in [3.05, 3.63) is 41.2 Å². The van der Waals surface area contributed by atoms with Crippen LogP contribution in [-0.2, 0) is 0 Å². The Morgan fingerprint density at radius 3 is 2.90 bits per heavy atom. The number of hydrogen-bond donors (Lipinski definition) is 0. The van der Waals surface area contributed by atoms with Gasteiger partial charge >= 0.3 is 0 Å². The number of hydrogen-bond acceptors (Lipinski definition) is 0. The molecule has 0 atom stereocenters. The summed E-state index contributed by atoms with van der Waals surface area (Å²) in [5.41, 5.74) is 5.70. The monoisotopic (exact) mass is 132 g/mol. The van der Waals surface area contributed by atoms with Gasteiger partial charge in [0.2, 0.25) is 0 Å². The van der Waals surface area contributed by atoms with E-state index in [1.54, 1.807) is 0 Å². The molecule has 0 bridgehead atoms. The SMILES string of the molecule is C/C1=C/C(C)=C\CC=C=C1. The van der Waals surface area contributed by atoms with Crippen LogP contribution in [0.1, 0.15) is 20.3 Å². The van der Waals surface area contributed by atoms with Gasteiger partial charge in [-0.3, -0.25) is 0 Å². The Bertz CT molecular complexity index is 233. The van der Waals surface area contributed by atoms with Gasteiger partial charge in [0.15, 0.2) is 0 Å². The summed E-state index contributed by atoms with van der Waals surface area (Å²) in [5.74, 6) is 0. The molecule has 10 heavy (non-hydrogen) atoms. The molecule has 0 fully saturated rings. The van der Waals surface area contributed by atoms with Crippen LogP contribution in [0.15, 0.2) is 41.2 Å². The molecule has 0 saturated carbocycles. The van der Waals surface area contributed by atoms with Crippen LogP contribution in [-0.4, -0.2) is 0 Å². The summed E-state index contributed by atoms with van der Waals surface area (Å²) in [4.78, 5) is 0. The van der Waals surface area contributed by atoms with E-state index in [9.17, 15) is 0 Å². The zero-order valence-corrected chi connectivity index (χ0v) is 6.52. The molecule has 0 aromatic rings. The summed E-state index contributed by atoms with van der Waals surface area (Å²) in [6, 6.07) is 0. The molecule has 0 saturated heterocycles. The van der Waals surface area contributed by atoms with Gasteiger partial charge in [-0.1, -0.05) is 17.7 Å². The minimum atomic E-state index is 1.01. The Labute approximate surface area is 62.3 Å². The highest BCUT2D eigenvalue weighted by molar-refractivity contribution is 5.29. The van der Waals surface area contributed by atoms with Crippen LogP contribution in [0, 0.1) is 0 Å². The maximum absolute atomic E-state index is 3.09. The summed E-state index contributed by atoms with van der Waals surface area (Å²) in [5, 5.41) is 0. The molecule has 0 aliphatic heterocycles. The van der Waals surface area contributed by atoms with Crippen molar-refractivity contribution in [3.63, 3.8) is 0 Å². The third-order valence-corrected chi connectivity index (χ3v) is 1.44. The van der Waals surface area contributed by atoms with Gasteiger partial charge in [-0.15, -0.1) is 5.73 Å². The van der Waals surface area contributed by atoms with Gasteiger partial charge in [-0.05, 0) is 38.0 Å². The standard InChI is InChI=1S/C10H12/c1-9-6-4-3-5-7-10(2)8-9/h3,6-8H,4H2,1-2H3/b9-6-,10-8-. The lowest BCUT2D eigenvalue weighted by Gasteiger charge is -1.94. The van der Waals surface area contributed by atoms with Gasteiger partial charge in [0, 0.05) is 0 Å². The van der Waals surface area contributed by atoms with Crippen LogP contribution in [0.3, 0.4) is 0 Å². The van der Waals surface area contributed by atoms with Crippen molar-refractivity contribution in [2.24, 2.45) is 0 Å². The lowest BCUT2D eigenvalue weighted by Crippen LogP contribution is -1.74. The average molecular weight is 132 g/mol. The van der Waals surface area contributed by atoms with Crippen molar-refractivity contribution in [2.45, 2.75) is 20.3 Å². The van der Waals surface area contributed by atoms with E-state index in [-0.39, 0.29) is 0 Å². The molecule has 1 rings (SSSR count). The molecular weight excluding hydrogens is 120 g/mol. The molecule has 0 aromatic heterocycles. The normalized spacial score (nSPS) is 27.8. The highest BCUT2D eigenvalue weighted by Crippen LogP contribution is 2.06. The molecule has 0 aromatic carbocycles.